The number of rotatable bonds is 6. The molecule has 106 valence electrons. The summed E-state index contributed by atoms with van der Waals surface area (Å²) in [5.74, 6) is 0.440. The third-order valence-electron chi connectivity index (χ3n) is 2.98. The molecule has 0 radical (unpaired) electrons. The number of nitrogens with one attached hydrogen (secondary N) is 1. The first kappa shape index (κ1) is 14.3. The maximum Gasteiger partial charge on any atom is 0.146 e. The van der Waals surface area contributed by atoms with Crippen LogP contribution in [0.2, 0.25) is 0 Å². The van der Waals surface area contributed by atoms with Crippen molar-refractivity contribution in [2.24, 2.45) is 0 Å². The molecule has 20 heavy (non-hydrogen) atoms. The molecule has 2 aromatic carbocycles. The van der Waals surface area contributed by atoms with Gasteiger partial charge in [-0.15, -0.1) is 0 Å². The molecule has 2 N–H and O–H groups in total. The second kappa shape index (κ2) is 6.91. The largest absolute Gasteiger partial charge is 0.494 e. The van der Waals surface area contributed by atoms with Gasteiger partial charge in [0.25, 0.3) is 0 Å². The topological polar surface area (TPSA) is 41.5 Å². The summed E-state index contributed by atoms with van der Waals surface area (Å²) < 4.78 is 19.0. The number of anilines is 1. The highest BCUT2D eigenvalue weighted by Crippen LogP contribution is 2.23. The zero-order valence-corrected chi connectivity index (χ0v) is 11.3. The lowest BCUT2D eigenvalue weighted by molar-refractivity contribution is 0.276. The summed E-state index contributed by atoms with van der Waals surface area (Å²) in [4.78, 5) is 0. The monoisotopic (exact) mass is 275 g/mol. The van der Waals surface area contributed by atoms with Gasteiger partial charge in [-0.25, -0.2) is 4.39 Å². The van der Waals surface area contributed by atoms with Gasteiger partial charge in [-0.1, -0.05) is 24.3 Å². The predicted molar refractivity (Wildman–Crippen MR) is 77.5 cm³/mol. The lowest BCUT2D eigenvalue weighted by Crippen LogP contribution is -2.15. The van der Waals surface area contributed by atoms with Crippen molar-refractivity contribution in [1.29, 1.82) is 0 Å². The molecule has 3 nitrogen and oxygen atoms in total. The van der Waals surface area contributed by atoms with Gasteiger partial charge in [-0.05, 0) is 36.8 Å². The highest BCUT2D eigenvalue weighted by atomic mass is 19.1. The molecular formula is C16H18FNO2. The summed E-state index contributed by atoms with van der Waals surface area (Å²) in [7, 11) is 0. The van der Waals surface area contributed by atoms with Gasteiger partial charge in [0.1, 0.15) is 11.6 Å². The van der Waals surface area contributed by atoms with Gasteiger partial charge in [0.15, 0.2) is 0 Å². The van der Waals surface area contributed by atoms with Crippen LogP contribution in [0, 0.1) is 5.82 Å². The first-order chi connectivity index (χ1) is 9.74. The van der Waals surface area contributed by atoms with Crippen molar-refractivity contribution in [3.05, 3.63) is 59.9 Å². The Balaban J connectivity index is 2.13. The van der Waals surface area contributed by atoms with Crippen molar-refractivity contribution in [3.8, 4) is 5.75 Å². The molecule has 0 aliphatic carbocycles. The highest BCUT2D eigenvalue weighted by Gasteiger charge is 2.12. The Morgan fingerprint density at radius 3 is 2.45 bits per heavy atom. The van der Waals surface area contributed by atoms with Gasteiger partial charge in [0.05, 0.1) is 24.9 Å². The normalized spacial score (nSPS) is 11.9. The minimum atomic E-state index is -0.359. The van der Waals surface area contributed by atoms with Crippen molar-refractivity contribution < 1.29 is 14.2 Å². The number of halogens is 1. The number of aliphatic hydroxyl groups is 1. The van der Waals surface area contributed by atoms with Crippen molar-refractivity contribution in [1.82, 2.24) is 0 Å². The van der Waals surface area contributed by atoms with Crippen molar-refractivity contribution >= 4 is 5.69 Å². The summed E-state index contributed by atoms with van der Waals surface area (Å²) in [6.45, 7) is 2.41. The molecule has 0 aliphatic heterocycles. The van der Waals surface area contributed by atoms with Crippen molar-refractivity contribution in [3.63, 3.8) is 0 Å². The van der Waals surface area contributed by atoms with Gasteiger partial charge >= 0.3 is 0 Å². The zero-order chi connectivity index (χ0) is 14.4. The number of hydrogen-bond donors (Lipinski definition) is 2. The van der Waals surface area contributed by atoms with E-state index >= 15 is 0 Å². The Labute approximate surface area is 118 Å². The quantitative estimate of drug-likeness (QED) is 0.849. The molecule has 0 saturated heterocycles. The molecule has 1 atom stereocenters. The van der Waals surface area contributed by atoms with E-state index in [1.54, 1.807) is 18.2 Å². The predicted octanol–water partition coefficient (Wildman–Crippen LogP) is 3.37. The number of hydrogen-bond acceptors (Lipinski definition) is 3. The molecule has 0 fully saturated rings. The van der Waals surface area contributed by atoms with Crippen molar-refractivity contribution in [2.75, 3.05) is 18.5 Å². The fraction of sp³-hybridized carbons (Fsp3) is 0.250. The van der Waals surface area contributed by atoms with Crippen LogP contribution in [0.25, 0.3) is 0 Å². The molecule has 0 heterocycles. The third kappa shape index (κ3) is 3.48. The zero-order valence-electron chi connectivity index (χ0n) is 11.3. The first-order valence-electron chi connectivity index (χ1n) is 6.59. The van der Waals surface area contributed by atoms with Crippen LogP contribution < -0.4 is 10.1 Å². The Morgan fingerprint density at radius 1 is 1.15 bits per heavy atom. The lowest BCUT2D eigenvalue weighted by atomic mass is 10.1. The number of para-hydroxylation sites is 1. The standard InChI is InChI=1S/C16H18FNO2/c1-2-20-13-9-7-12(8-10-13)16(11-19)18-15-6-4-3-5-14(15)17/h3-10,16,18-19H,2,11H2,1H3. The maximum absolute atomic E-state index is 13.6. The van der Waals surface area contributed by atoms with E-state index in [-0.39, 0.29) is 18.5 Å². The van der Waals surface area contributed by atoms with Crippen molar-refractivity contribution in [2.45, 2.75) is 13.0 Å². The second-order valence-electron chi connectivity index (χ2n) is 4.36. The van der Waals surface area contributed by atoms with Crippen LogP contribution in [0.3, 0.4) is 0 Å². The van der Waals surface area contributed by atoms with E-state index in [1.807, 2.05) is 31.2 Å². The van der Waals surface area contributed by atoms with E-state index in [2.05, 4.69) is 5.32 Å². The number of ether oxygens (including phenoxy) is 1. The van der Waals surface area contributed by atoms with Crippen LogP contribution in [0.5, 0.6) is 5.75 Å². The van der Waals surface area contributed by atoms with E-state index in [1.165, 1.54) is 6.07 Å². The number of benzene rings is 2. The van der Waals surface area contributed by atoms with Crippen LogP contribution in [-0.2, 0) is 0 Å². The van der Waals surface area contributed by atoms with Gasteiger partial charge in [-0.3, -0.25) is 0 Å². The van der Waals surface area contributed by atoms with Gasteiger partial charge in [0, 0.05) is 0 Å². The van der Waals surface area contributed by atoms with Crippen LogP contribution in [0.1, 0.15) is 18.5 Å². The highest BCUT2D eigenvalue weighted by molar-refractivity contribution is 5.47. The fourth-order valence-electron chi connectivity index (χ4n) is 1.96. The van der Waals surface area contributed by atoms with Gasteiger partial charge < -0.3 is 15.2 Å². The van der Waals surface area contributed by atoms with E-state index in [0.717, 1.165) is 11.3 Å². The lowest BCUT2D eigenvalue weighted by Gasteiger charge is -2.18. The van der Waals surface area contributed by atoms with Crippen LogP contribution in [0.15, 0.2) is 48.5 Å². The van der Waals surface area contributed by atoms with E-state index in [9.17, 15) is 9.50 Å². The molecule has 0 bridgehead atoms. The smallest absolute Gasteiger partial charge is 0.146 e. The summed E-state index contributed by atoms with van der Waals surface area (Å²) in [6, 6.07) is 13.4. The average Bonchev–Trinajstić information content (AvgIpc) is 2.48. The number of aliphatic hydroxyl groups excluding tert-OH is 1. The van der Waals surface area contributed by atoms with E-state index < -0.39 is 0 Å². The minimum Gasteiger partial charge on any atom is -0.494 e. The first-order valence-corrected chi connectivity index (χ1v) is 6.59. The molecule has 2 rings (SSSR count). The van der Waals surface area contributed by atoms with E-state index in [4.69, 9.17) is 4.74 Å². The van der Waals surface area contributed by atoms with Gasteiger partial charge in [-0.2, -0.15) is 0 Å². The van der Waals surface area contributed by atoms with Gasteiger partial charge in [0.2, 0.25) is 0 Å². The van der Waals surface area contributed by atoms with Crippen LogP contribution >= 0.6 is 0 Å². The maximum atomic E-state index is 13.6. The van der Waals surface area contributed by atoms with E-state index in [0.29, 0.717) is 12.3 Å². The molecule has 4 heteroatoms. The minimum absolute atomic E-state index is 0.123. The molecule has 1 unspecified atom stereocenters. The molecule has 0 amide bonds. The molecule has 0 saturated carbocycles. The Morgan fingerprint density at radius 2 is 1.85 bits per heavy atom. The molecule has 2 aromatic rings. The Hall–Kier alpha value is -2.07. The summed E-state index contributed by atoms with van der Waals surface area (Å²) in [5.41, 5.74) is 1.25. The average molecular weight is 275 g/mol. The SMILES string of the molecule is CCOc1ccc(C(CO)Nc2ccccc2F)cc1. The third-order valence-corrected chi connectivity index (χ3v) is 2.98. The summed E-state index contributed by atoms with van der Waals surface area (Å²) in [6.07, 6.45) is 0. The molecule has 0 spiro atoms. The Bertz CT molecular complexity index is 542. The summed E-state index contributed by atoms with van der Waals surface area (Å²) in [5, 5.41) is 12.5. The second-order valence-corrected chi connectivity index (χ2v) is 4.36. The Kier molecular flexibility index (Phi) is 4.96. The van der Waals surface area contributed by atoms with Crippen LogP contribution in [-0.4, -0.2) is 18.3 Å². The molecule has 0 aromatic heterocycles. The summed E-state index contributed by atoms with van der Waals surface area (Å²) >= 11 is 0. The van der Waals surface area contributed by atoms with Crippen LogP contribution in [0.4, 0.5) is 10.1 Å². The molecule has 0 aliphatic rings. The molecular weight excluding hydrogens is 257 g/mol. The fourth-order valence-corrected chi connectivity index (χ4v) is 1.96.